The van der Waals surface area contributed by atoms with Gasteiger partial charge >= 0.3 is 0 Å². The number of anilines is 1. The van der Waals surface area contributed by atoms with Crippen molar-refractivity contribution in [2.45, 2.75) is 37.4 Å². The third kappa shape index (κ3) is 2.60. The molecular weight excluding hydrogens is 312 g/mol. The first-order valence-corrected chi connectivity index (χ1v) is 8.60. The molecule has 7 heteroatoms. The van der Waals surface area contributed by atoms with E-state index in [1.54, 1.807) is 19.3 Å². The molecule has 0 unspecified atom stereocenters. The predicted octanol–water partition coefficient (Wildman–Crippen LogP) is 1.51. The van der Waals surface area contributed by atoms with Gasteiger partial charge in [-0.1, -0.05) is 0 Å². The number of carbonyl (C=O) groups excluding carboxylic acids is 2. The molecule has 120 valence electrons. The van der Waals surface area contributed by atoms with Gasteiger partial charge in [0.2, 0.25) is 6.41 Å². The average Bonchev–Trinajstić information content (AvgIpc) is 3.27. The molecular formula is C16H18N4O2S. The van der Waals surface area contributed by atoms with E-state index >= 15 is 0 Å². The van der Waals surface area contributed by atoms with Gasteiger partial charge in [-0.2, -0.15) is 0 Å². The molecule has 2 N–H and O–H groups in total. The van der Waals surface area contributed by atoms with Crippen LogP contribution in [0.3, 0.4) is 0 Å². The summed E-state index contributed by atoms with van der Waals surface area (Å²) in [5, 5.41) is 8.40. The van der Waals surface area contributed by atoms with Crippen molar-refractivity contribution in [2.24, 2.45) is 0 Å². The molecule has 0 spiro atoms. The number of aromatic nitrogens is 1. The maximum absolute atomic E-state index is 12.5. The van der Waals surface area contributed by atoms with E-state index in [0.29, 0.717) is 17.8 Å². The quantitative estimate of drug-likeness (QED) is 0.834. The Balaban J connectivity index is 1.54. The van der Waals surface area contributed by atoms with Crippen molar-refractivity contribution in [3.8, 4) is 0 Å². The highest BCUT2D eigenvalue weighted by molar-refractivity contribution is 7.23. The second kappa shape index (κ2) is 5.58. The number of thiophene rings is 1. The maximum Gasteiger partial charge on any atom is 0.270 e. The van der Waals surface area contributed by atoms with Crippen LogP contribution in [0.5, 0.6) is 0 Å². The van der Waals surface area contributed by atoms with E-state index in [2.05, 4.69) is 15.6 Å². The lowest BCUT2D eigenvalue weighted by molar-refractivity contribution is -0.107. The number of rotatable bonds is 4. The van der Waals surface area contributed by atoms with Crippen LogP contribution in [0.25, 0.3) is 10.1 Å². The lowest BCUT2D eigenvalue weighted by atomic mass is 9.95. The van der Waals surface area contributed by atoms with Gasteiger partial charge in [0.1, 0.15) is 5.69 Å². The molecule has 2 aromatic rings. The van der Waals surface area contributed by atoms with E-state index in [-0.39, 0.29) is 11.9 Å². The summed E-state index contributed by atoms with van der Waals surface area (Å²) in [5.74, 6) is -0.120. The van der Waals surface area contributed by atoms with Crippen molar-refractivity contribution in [1.82, 2.24) is 15.6 Å². The molecule has 0 aromatic carbocycles. The second-order valence-electron chi connectivity index (χ2n) is 6.27. The summed E-state index contributed by atoms with van der Waals surface area (Å²) in [6.07, 6.45) is 5.82. The molecule has 2 fully saturated rings. The summed E-state index contributed by atoms with van der Waals surface area (Å²) in [6.45, 7) is 0. The zero-order valence-corrected chi connectivity index (χ0v) is 13.6. The molecule has 2 amide bonds. The van der Waals surface area contributed by atoms with E-state index < -0.39 is 0 Å². The Morgan fingerprint density at radius 1 is 1.48 bits per heavy atom. The second-order valence-corrected chi connectivity index (χ2v) is 7.33. The van der Waals surface area contributed by atoms with Crippen LogP contribution < -0.4 is 15.5 Å². The van der Waals surface area contributed by atoms with Crippen molar-refractivity contribution in [1.29, 1.82) is 0 Å². The van der Waals surface area contributed by atoms with Crippen LogP contribution in [-0.4, -0.2) is 42.5 Å². The van der Waals surface area contributed by atoms with Crippen LogP contribution in [0, 0.1) is 0 Å². The Kier molecular flexibility index (Phi) is 3.54. The number of pyridine rings is 1. The van der Waals surface area contributed by atoms with E-state index in [1.165, 1.54) is 22.7 Å². The summed E-state index contributed by atoms with van der Waals surface area (Å²) in [4.78, 5) is 29.1. The SMILES string of the molecule is CN(C=O)c1cc2cnc(C(=O)N[C@@H]3C[C@H]4CC[C@@H]3N4)cc2s1. The van der Waals surface area contributed by atoms with Crippen LogP contribution >= 0.6 is 11.3 Å². The number of carbonyl (C=O) groups is 2. The Morgan fingerprint density at radius 2 is 2.35 bits per heavy atom. The minimum atomic E-state index is -0.120. The minimum Gasteiger partial charge on any atom is -0.346 e. The van der Waals surface area contributed by atoms with Gasteiger partial charge in [-0.25, -0.2) is 0 Å². The summed E-state index contributed by atoms with van der Waals surface area (Å²) in [6, 6.07) is 4.88. The molecule has 4 rings (SSSR count). The number of nitrogens with zero attached hydrogens (tertiary/aromatic N) is 2. The number of hydrogen-bond acceptors (Lipinski definition) is 5. The molecule has 0 aliphatic carbocycles. The van der Waals surface area contributed by atoms with Gasteiger partial charge < -0.3 is 15.5 Å². The van der Waals surface area contributed by atoms with Crippen molar-refractivity contribution in [2.75, 3.05) is 11.9 Å². The fourth-order valence-corrected chi connectivity index (χ4v) is 4.49. The molecule has 23 heavy (non-hydrogen) atoms. The third-order valence-electron chi connectivity index (χ3n) is 4.74. The molecule has 6 nitrogen and oxygen atoms in total. The zero-order chi connectivity index (χ0) is 16.0. The number of amides is 2. The summed E-state index contributed by atoms with van der Waals surface area (Å²) in [5.41, 5.74) is 0.433. The first-order chi connectivity index (χ1) is 11.1. The summed E-state index contributed by atoms with van der Waals surface area (Å²) < 4.78 is 0.958. The van der Waals surface area contributed by atoms with Gasteiger partial charge in [-0.15, -0.1) is 11.3 Å². The lowest BCUT2D eigenvalue weighted by Gasteiger charge is -2.21. The highest BCUT2D eigenvalue weighted by Crippen LogP contribution is 2.32. The first-order valence-electron chi connectivity index (χ1n) is 7.78. The van der Waals surface area contributed by atoms with Crippen molar-refractivity contribution >= 4 is 38.7 Å². The Morgan fingerprint density at radius 3 is 3.04 bits per heavy atom. The van der Waals surface area contributed by atoms with Crippen molar-refractivity contribution < 1.29 is 9.59 Å². The van der Waals surface area contributed by atoms with E-state index in [4.69, 9.17) is 0 Å². The topological polar surface area (TPSA) is 74.3 Å². The fourth-order valence-electron chi connectivity index (χ4n) is 3.50. The van der Waals surface area contributed by atoms with E-state index in [0.717, 1.165) is 34.3 Å². The first kappa shape index (κ1) is 14.6. The molecule has 2 aliphatic rings. The normalized spacial score (nSPS) is 25.7. The average molecular weight is 330 g/mol. The monoisotopic (exact) mass is 330 g/mol. The van der Waals surface area contributed by atoms with Gasteiger partial charge in [-0.05, 0) is 31.4 Å². The molecule has 2 aliphatic heterocycles. The molecule has 2 bridgehead atoms. The van der Waals surface area contributed by atoms with Crippen LogP contribution in [0.1, 0.15) is 29.8 Å². The molecule has 4 heterocycles. The fraction of sp³-hybridized carbons (Fsp3) is 0.438. The predicted molar refractivity (Wildman–Crippen MR) is 89.9 cm³/mol. The summed E-state index contributed by atoms with van der Waals surface area (Å²) >= 11 is 1.48. The lowest BCUT2D eigenvalue weighted by Crippen LogP contribution is -2.43. The third-order valence-corrected chi connectivity index (χ3v) is 5.93. The van der Waals surface area contributed by atoms with Crippen LogP contribution in [0.15, 0.2) is 18.3 Å². The maximum atomic E-state index is 12.5. The van der Waals surface area contributed by atoms with Crippen molar-refractivity contribution in [3.05, 3.63) is 24.0 Å². The van der Waals surface area contributed by atoms with Gasteiger partial charge in [-0.3, -0.25) is 14.6 Å². The largest absolute Gasteiger partial charge is 0.346 e. The minimum absolute atomic E-state index is 0.120. The highest BCUT2D eigenvalue weighted by Gasteiger charge is 2.39. The Labute approximate surface area is 137 Å². The zero-order valence-electron chi connectivity index (χ0n) is 12.8. The number of fused-ring (bicyclic) bond motifs is 3. The molecule has 3 atom stereocenters. The Bertz CT molecular complexity index is 775. The van der Waals surface area contributed by atoms with Crippen LogP contribution in [0.2, 0.25) is 0 Å². The summed E-state index contributed by atoms with van der Waals surface area (Å²) in [7, 11) is 1.71. The van der Waals surface area contributed by atoms with Gasteiger partial charge in [0.15, 0.2) is 0 Å². The molecule has 2 saturated heterocycles. The van der Waals surface area contributed by atoms with Crippen LogP contribution in [0.4, 0.5) is 5.00 Å². The van der Waals surface area contributed by atoms with E-state index in [9.17, 15) is 9.59 Å². The molecule has 2 aromatic heterocycles. The molecule has 0 saturated carbocycles. The Hall–Kier alpha value is -1.99. The van der Waals surface area contributed by atoms with Gasteiger partial charge in [0.25, 0.3) is 5.91 Å². The standard InChI is InChI=1S/C16H18N4O2S/c1-20(8-21)15-4-9-7-17-13(6-14(9)23-15)16(22)19-12-5-10-2-3-11(12)18-10/h4,6-8,10-12,18H,2-3,5H2,1H3,(H,19,22)/t10-,11+,12-/m1/s1. The number of nitrogens with one attached hydrogen (secondary N) is 2. The van der Waals surface area contributed by atoms with Gasteiger partial charge in [0, 0.05) is 41.5 Å². The molecule has 0 radical (unpaired) electrons. The van der Waals surface area contributed by atoms with E-state index in [1.807, 2.05) is 6.07 Å². The number of hydrogen-bond donors (Lipinski definition) is 2. The van der Waals surface area contributed by atoms with Gasteiger partial charge in [0.05, 0.1) is 5.00 Å². The van der Waals surface area contributed by atoms with Crippen molar-refractivity contribution in [3.63, 3.8) is 0 Å². The highest BCUT2D eigenvalue weighted by atomic mass is 32.1. The van der Waals surface area contributed by atoms with Crippen LogP contribution in [-0.2, 0) is 4.79 Å². The smallest absolute Gasteiger partial charge is 0.270 e.